The van der Waals surface area contributed by atoms with Gasteiger partial charge in [0, 0.05) is 16.3 Å². The fourth-order valence-corrected chi connectivity index (χ4v) is 1.33. The van der Waals surface area contributed by atoms with E-state index in [0.717, 1.165) is 5.71 Å². The maximum absolute atomic E-state index is 13.5. The van der Waals surface area contributed by atoms with E-state index >= 15 is 0 Å². The summed E-state index contributed by atoms with van der Waals surface area (Å²) in [7, 11) is 1.68. The monoisotopic (exact) mass is 272 g/mol. The first-order valence-corrected chi connectivity index (χ1v) is 6.13. The summed E-state index contributed by atoms with van der Waals surface area (Å²) in [6.45, 7) is 6.14. The van der Waals surface area contributed by atoms with Gasteiger partial charge in [0.1, 0.15) is 12.4 Å². The lowest BCUT2D eigenvalue weighted by atomic mass is 10.1. The zero-order chi connectivity index (χ0) is 13.7. The predicted molar refractivity (Wildman–Crippen MR) is 71.9 cm³/mol. The van der Waals surface area contributed by atoms with E-state index in [1.807, 2.05) is 20.8 Å². The Kier molecular flexibility index (Phi) is 5.56. The molecular weight excluding hydrogens is 255 g/mol. The average Bonchev–Trinajstić information content (AvgIpc) is 2.27. The first kappa shape index (κ1) is 14.9. The minimum atomic E-state index is -0.375. The lowest BCUT2D eigenvalue weighted by Crippen LogP contribution is -2.16. The van der Waals surface area contributed by atoms with Crippen LogP contribution in [-0.2, 0) is 11.4 Å². The molecule has 0 aliphatic carbocycles. The molecule has 0 aliphatic rings. The van der Waals surface area contributed by atoms with Gasteiger partial charge >= 0.3 is 0 Å². The molecule has 0 N–H and O–H groups in total. The van der Waals surface area contributed by atoms with Crippen LogP contribution in [0.25, 0.3) is 0 Å². The summed E-state index contributed by atoms with van der Waals surface area (Å²) < 4.78 is 13.5. The summed E-state index contributed by atoms with van der Waals surface area (Å²) in [5, 5.41) is 5.94. The van der Waals surface area contributed by atoms with E-state index in [4.69, 9.17) is 16.4 Å². The summed E-state index contributed by atoms with van der Waals surface area (Å²) >= 11 is 5.67. The number of hydrazone groups is 1. The number of nitrogens with zero attached hydrogens (tertiary/aromatic N) is 2. The second kappa shape index (κ2) is 6.71. The highest BCUT2D eigenvalue weighted by Crippen LogP contribution is 2.15. The largest absolute Gasteiger partial charge is 0.252 e. The van der Waals surface area contributed by atoms with Crippen LogP contribution in [0.1, 0.15) is 26.3 Å². The second-order valence-electron chi connectivity index (χ2n) is 4.37. The normalized spacial score (nSPS) is 12.1. The topological polar surface area (TPSA) is 24.8 Å². The first-order chi connectivity index (χ1) is 8.40. The van der Waals surface area contributed by atoms with Gasteiger partial charge < -0.3 is 0 Å². The standard InChI is InChI=1S/C13H18ClFN2O/c1-9(2)10(3)16-17(4)18-8-11-5-6-12(14)7-13(11)15/h5-7,9H,8H2,1-4H3/b16-10+. The van der Waals surface area contributed by atoms with Crippen molar-refractivity contribution in [3.05, 3.63) is 34.6 Å². The van der Waals surface area contributed by atoms with Crippen molar-refractivity contribution in [2.75, 3.05) is 7.05 Å². The minimum absolute atomic E-state index is 0.119. The van der Waals surface area contributed by atoms with Crippen molar-refractivity contribution in [1.29, 1.82) is 0 Å². The molecule has 100 valence electrons. The molecule has 0 spiro atoms. The van der Waals surface area contributed by atoms with Crippen LogP contribution in [0.3, 0.4) is 0 Å². The van der Waals surface area contributed by atoms with Crippen LogP contribution in [0.2, 0.25) is 5.02 Å². The van der Waals surface area contributed by atoms with Crippen LogP contribution in [0, 0.1) is 11.7 Å². The van der Waals surface area contributed by atoms with Gasteiger partial charge in [0.25, 0.3) is 0 Å². The number of hydroxylamine groups is 1. The lowest BCUT2D eigenvalue weighted by Gasteiger charge is -2.15. The molecular formula is C13H18ClFN2O. The van der Waals surface area contributed by atoms with Gasteiger partial charge in [-0.2, -0.15) is 10.3 Å². The van der Waals surface area contributed by atoms with E-state index in [1.165, 1.54) is 11.2 Å². The van der Waals surface area contributed by atoms with Crippen LogP contribution in [0.5, 0.6) is 0 Å². The van der Waals surface area contributed by atoms with Gasteiger partial charge in [0.05, 0.1) is 7.05 Å². The molecule has 1 aromatic carbocycles. The molecule has 1 rings (SSSR count). The molecule has 0 fully saturated rings. The summed E-state index contributed by atoms with van der Waals surface area (Å²) in [6, 6.07) is 4.50. The Morgan fingerprint density at radius 1 is 1.50 bits per heavy atom. The Balaban J connectivity index is 2.57. The van der Waals surface area contributed by atoms with Gasteiger partial charge in [-0.15, -0.1) is 0 Å². The predicted octanol–water partition coefficient (Wildman–Crippen LogP) is 3.87. The Morgan fingerprint density at radius 2 is 2.17 bits per heavy atom. The van der Waals surface area contributed by atoms with Crippen molar-refractivity contribution in [2.24, 2.45) is 11.0 Å². The van der Waals surface area contributed by atoms with Crippen LogP contribution in [0.15, 0.2) is 23.3 Å². The molecule has 5 heteroatoms. The molecule has 18 heavy (non-hydrogen) atoms. The van der Waals surface area contributed by atoms with Crippen LogP contribution in [-0.4, -0.2) is 17.9 Å². The van der Waals surface area contributed by atoms with Gasteiger partial charge in [0.15, 0.2) is 0 Å². The summed E-state index contributed by atoms with van der Waals surface area (Å²) in [5.41, 5.74) is 1.40. The summed E-state index contributed by atoms with van der Waals surface area (Å²) in [5.74, 6) is -0.0243. The molecule has 0 aromatic heterocycles. The zero-order valence-corrected chi connectivity index (χ0v) is 11.8. The van der Waals surface area contributed by atoms with Crippen LogP contribution in [0.4, 0.5) is 4.39 Å². The Hall–Kier alpha value is -1.13. The van der Waals surface area contributed by atoms with Crippen LogP contribution < -0.4 is 0 Å². The molecule has 0 aliphatic heterocycles. The van der Waals surface area contributed by atoms with E-state index in [2.05, 4.69) is 5.10 Å². The number of halogens is 2. The van der Waals surface area contributed by atoms with Crippen molar-refractivity contribution >= 4 is 17.3 Å². The van der Waals surface area contributed by atoms with Gasteiger partial charge in [-0.3, -0.25) is 4.84 Å². The highest BCUT2D eigenvalue weighted by molar-refractivity contribution is 6.30. The van der Waals surface area contributed by atoms with Gasteiger partial charge in [-0.05, 0) is 25.0 Å². The van der Waals surface area contributed by atoms with Gasteiger partial charge in [-0.1, -0.05) is 31.5 Å². The molecule has 0 heterocycles. The Labute approximate surface area is 112 Å². The number of hydrogen-bond donors (Lipinski definition) is 0. The first-order valence-electron chi connectivity index (χ1n) is 5.75. The van der Waals surface area contributed by atoms with Crippen molar-refractivity contribution in [3.8, 4) is 0 Å². The highest BCUT2D eigenvalue weighted by Gasteiger charge is 2.05. The van der Waals surface area contributed by atoms with E-state index in [-0.39, 0.29) is 12.4 Å². The minimum Gasteiger partial charge on any atom is -0.252 e. The van der Waals surface area contributed by atoms with E-state index in [1.54, 1.807) is 19.2 Å². The van der Waals surface area contributed by atoms with E-state index < -0.39 is 0 Å². The second-order valence-corrected chi connectivity index (χ2v) is 4.81. The lowest BCUT2D eigenvalue weighted by molar-refractivity contribution is -0.151. The van der Waals surface area contributed by atoms with Crippen molar-refractivity contribution in [2.45, 2.75) is 27.4 Å². The van der Waals surface area contributed by atoms with Crippen molar-refractivity contribution in [3.63, 3.8) is 0 Å². The molecule has 0 radical (unpaired) electrons. The average molecular weight is 273 g/mol. The summed E-state index contributed by atoms with van der Waals surface area (Å²) in [6.07, 6.45) is 0. The van der Waals surface area contributed by atoms with Crippen molar-refractivity contribution in [1.82, 2.24) is 5.17 Å². The maximum atomic E-state index is 13.5. The third-order valence-electron chi connectivity index (χ3n) is 2.56. The van der Waals surface area contributed by atoms with Crippen molar-refractivity contribution < 1.29 is 9.23 Å². The molecule has 0 saturated carbocycles. The quantitative estimate of drug-likeness (QED) is 0.600. The molecule has 1 aromatic rings. The smallest absolute Gasteiger partial charge is 0.130 e. The molecule has 0 atom stereocenters. The third kappa shape index (κ3) is 4.63. The number of rotatable bonds is 5. The fraction of sp³-hybridized carbons (Fsp3) is 0.462. The van der Waals surface area contributed by atoms with E-state index in [0.29, 0.717) is 16.5 Å². The number of hydrogen-bond acceptors (Lipinski definition) is 3. The van der Waals surface area contributed by atoms with Gasteiger partial charge in [0.2, 0.25) is 0 Å². The molecule has 0 saturated heterocycles. The molecule has 0 amide bonds. The Morgan fingerprint density at radius 3 is 2.72 bits per heavy atom. The molecule has 3 nitrogen and oxygen atoms in total. The molecule has 0 bridgehead atoms. The fourth-order valence-electron chi connectivity index (χ4n) is 1.17. The van der Waals surface area contributed by atoms with Crippen LogP contribution >= 0.6 is 11.6 Å². The SMILES string of the molecule is C/C(=N\N(C)OCc1ccc(Cl)cc1F)C(C)C. The molecule has 0 unspecified atom stereocenters. The Bertz CT molecular complexity index is 435. The number of benzene rings is 1. The maximum Gasteiger partial charge on any atom is 0.130 e. The summed E-state index contributed by atoms with van der Waals surface area (Å²) in [4.78, 5) is 5.33. The highest BCUT2D eigenvalue weighted by atomic mass is 35.5. The van der Waals surface area contributed by atoms with Gasteiger partial charge in [-0.25, -0.2) is 4.39 Å². The van der Waals surface area contributed by atoms with E-state index in [9.17, 15) is 4.39 Å². The third-order valence-corrected chi connectivity index (χ3v) is 2.79. The zero-order valence-electron chi connectivity index (χ0n) is 11.1.